The summed E-state index contributed by atoms with van der Waals surface area (Å²) in [7, 11) is 0. The maximum atomic E-state index is 12.4. The molecule has 4 heterocycles. The molecule has 0 aromatic carbocycles. The van der Waals surface area contributed by atoms with E-state index in [0.717, 1.165) is 51.4 Å². The molecule has 162 valence electrons. The molecule has 0 atom stereocenters. The molecule has 0 radical (unpaired) electrons. The van der Waals surface area contributed by atoms with Gasteiger partial charge in [0.25, 0.3) is 5.91 Å². The Morgan fingerprint density at radius 1 is 1.10 bits per heavy atom. The lowest BCUT2D eigenvalue weighted by atomic mass is 9.77. The van der Waals surface area contributed by atoms with E-state index in [1.807, 2.05) is 11.0 Å². The Bertz CT molecular complexity index is 850. The van der Waals surface area contributed by atoms with Gasteiger partial charge in [0, 0.05) is 38.6 Å². The van der Waals surface area contributed by atoms with Crippen molar-refractivity contribution < 1.29 is 32.3 Å². The number of halogens is 3. The normalized spacial score (nSPS) is 18.1. The Morgan fingerprint density at radius 3 is 2.23 bits per heavy atom. The van der Waals surface area contributed by atoms with Gasteiger partial charge in [-0.25, -0.2) is 14.8 Å². The number of alkyl halides is 3. The van der Waals surface area contributed by atoms with E-state index in [1.54, 1.807) is 24.7 Å². The molecule has 30 heavy (non-hydrogen) atoms. The molecule has 0 bridgehead atoms. The van der Waals surface area contributed by atoms with E-state index in [4.69, 9.17) is 14.3 Å². The number of rotatable bonds is 2. The number of carbonyl (C=O) groups excluding carboxylic acids is 1. The fourth-order valence-electron chi connectivity index (χ4n) is 3.72. The monoisotopic (exact) mass is 426 g/mol. The minimum absolute atomic E-state index is 0.0786. The molecule has 2 aromatic heterocycles. The number of carboxylic acid groups (broad SMARTS) is 1. The zero-order chi connectivity index (χ0) is 21.8. The van der Waals surface area contributed by atoms with E-state index in [9.17, 15) is 18.0 Å². The molecule has 0 aliphatic carbocycles. The van der Waals surface area contributed by atoms with E-state index >= 15 is 0 Å². The molecule has 1 spiro atoms. The average molecular weight is 426 g/mol. The first-order valence-electron chi connectivity index (χ1n) is 9.34. The van der Waals surface area contributed by atoms with E-state index in [0.29, 0.717) is 11.0 Å². The number of carbonyl (C=O) groups is 2. The number of hydrogen-bond acceptors (Lipinski definition) is 6. The molecular formula is C19H21F3N4O4. The zero-order valence-electron chi connectivity index (χ0n) is 16.0. The summed E-state index contributed by atoms with van der Waals surface area (Å²) in [6.07, 6.45) is 4.81. The van der Waals surface area contributed by atoms with Crippen LogP contribution in [0.5, 0.6) is 0 Å². The first-order valence-corrected chi connectivity index (χ1v) is 9.34. The van der Waals surface area contributed by atoms with Gasteiger partial charge in [-0.05, 0) is 36.8 Å². The summed E-state index contributed by atoms with van der Waals surface area (Å²) in [5.74, 6) is -1.86. The van der Waals surface area contributed by atoms with Gasteiger partial charge in [-0.2, -0.15) is 13.2 Å². The van der Waals surface area contributed by atoms with Crippen LogP contribution in [0.2, 0.25) is 0 Å². The van der Waals surface area contributed by atoms with Crippen LogP contribution in [-0.2, 0) is 4.79 Å². The number of likely N-dealkylation sites (tertiary alicyclic amines) is 1. The summed E-state index contributed by atoms with van der Waals surface area (Å²) in [5.41, 5.74) is 0.943. The molecule has 2 aliphatic rings. The van der Waals surface area contributed by atoms with Crippen LogP contribution < -0.4 is 4.90 Å². The maximum Gasteiger partial charge on any atom is 0.490 e. The Morgan fingerprint density at radius 2 is 1.70 bits per heavy atom. The number of hydrogen-bond donors (Lipinski definition) is 1. The van der Waals surface area contributed by atoms with Crippen LogP contribution >= 0.6 is 0 Å². The van der Waals surface area contributed by atoms with E-state index in [2.05, 4.69) is 14.9 Å². The largest absolute Gasteiger partial charge is 0.490 e. The van der Waals surface area contributed by atoms with E-state index < -0.39 is 12.1 Å². The number of furan rings is 1. The number of aliphatic carboxylic acids is 1. The van der Waals surface area contributed by atoms with Gasteiger partial charge < -0.3 is 19.3 Å². The van der Waals surface area contributed by atoms with Crippen molar-refractivity contribution in [3.63, 3.8) is 0 Å². The topological polar surface area (TPSA) is 99.8 Å². The highest BCUT2D eigenvalue weighted by molar-refractivity contribution is 5.93. The van der Waals surface area contributed by atoms with Crippen LogP contribution in [0.4, 0.5) is 19.1 Å². The van der Waals surface area contributed by atoms with Crippen molar-refractivity contribution in [2.45, 2.75) is 25.4 Å². The second-order valence-electron chi connectivity index (χ2n) is 7.33. The average Bonchev–Trinajstić information content (AvgIpc) is 3.39. The van der Waals surface area contributed by atoms with Gasteiger partial charge in [-0.15, -0.1) is 0 Å². The van der Waals surface area contributed by atoms with Gasteiger partial charge in [-0.1, -0.05) is 0 Å². The lowest BCUT2D eigenvalue weighted by Crippen LogP contribution is -2.44. The molecule has 2 aromatic rings. The van der Waals surface area contributed by atoms with E-state index in [-0.39, 0.29) is 5.91 Å². The van der Waals surface area contributed by atoms with Crippen molar-refractivity contribution in [3.8, 4) is 0 Å². The van der Waals surface area contributed by atoms with Crippen molar-refractivity contribution >= 4 is 17.8 Å². The summed E-state index contributed by atoms with van der Waals surface area (Å²) >= 11 is 0. The van der Waals surface area contributed by atoms with Crippen LogP contribution in [0, 0.1) is 5.41 Å². The van der Waals surface area contributed by atoms with E-state index in [1.165, 1.54) is 6.26 Å². The Hall–Kier alpha value is -3.11. The van der Waals surface area contributed by atoms with Crippen LogP contribution in [-0.4, -0.2) is 64.2 Å². The Labute approximate surface area is 170 Å². The minimum Gasteiger partial charge on any atom is -0.475 e. The highest BCUT2D eigenvalue weighted by Crippen LogP contribution is 2.41. The molecule has 2 fully saturated rings. The number of piperidine rings is 1. The number of nitrogens with zero attached hydrogens (tertiary/aromatic N) is 4. The summed E-state index contributed by atoms with van der Waals surface area (Å²) in [4.78, 5) is 34.2. The molecule has 2 saturated heterocycles. The van der Waals surface area contributed by atoms with Crippen LogP contribution in [0.1, 0.15) is 29.6 Å². The molecule has 1 amide bonds. The third-order valence-corrected chi connectivity index (χ3v) is 5.40. The molecule has 11 heteroatoms. The maximum absolute atomic E-state index is 12.4. The molecule has 0 saturated carbocycles. The van der Waals surface area contributed by atoms with Crippen LogP contribution in [0.25, 0.3) is 0 Å². The third-order valence-electron chi connectivity index (χ3n) is 5.40. The van der Waals surface area contributed by atoms with Gasteiger partial charge in [0.15, 0.2) is 0 Å². The summed E-state index contributed by atoms with van der Waals surface area (Å²) < 4.78 is 36.8. The molecule has 4 rings (SSSR count). The first-order chi connectivity index (χ1) is 14.2. The smallest absolute Gasteiger partial charge is 0.475 e. The molecule has 8 nitrogen and oxygen atoms in total. The SMILES string of the molecule is O=C(O)C(F)(F)F.O=C(c1ccoc1)N1CCC2(CC1)CCN(c1ncccn1)C2. The first kappa shape index (κ1) is 21.6. The van der Waals surface area contributed by atoms with Crippen molar-refractivity contribution in [2.75, 3.05) is 31.1 Å². The second-order valence-corrected chi connectivity index (χ2v) is 7.33. The van der Waals surface area contributed by atoms with Crippen LogP contribution in [0.15, 0.2) is 41.5 Å². The quantitative estimate of drug-likeness (QED) is 0.788. The van der Waals surface area contributed by atoms with Gasteiger partial charge in [0.05, 0.1) is 11.8 Å². The lowest BCUT2D eigenvalue weighted by Gasteiger charge is -2.39. The highest BCUT2D eigenvalue weighted by Gasteiger charge is 2.42. The van der Waals surface area contributed by atoms with Gasteiger partial charge in [0.1, 0.15) is 6.26 Å². The summed E-state index contributed by atoms with van der Waals surface area (Å²) in [5, 5.41) is 7.12. The van der Waals surface area contributed by atoms with Crippen molar-refractivity contribution in [1.82, 2.24) is 14.9 Å². The van der Waals surface area contributed by atoms with Gasteiger partial charge >= 0.3 is 12.1 Å². The fourth-order valence-corrected chi connectivity index (χ4v) is 3.72. The molecule has 1 N–H and O–H groups in total. The lowest BCUT2D eigenvalue weighted by molar-refractivity contribution is -0.192. The number of carboxylic acids is 1. The second kappa shape index (κ2) is 8.72. The predicted octanol–water partition coefficient (Wildman–Crippen LogP) is 2.84. The Kier molecular flexibility index (Phi) is 6.28. The minimum atomic E-state index is -5.08. The number of amides is 1. The summed E-state index contributed by atoms with van der Waals surface area (Å²) in [6, 6.07) is 3.58. The van der Waals surface area contributed by atoms with Gasteiger partial charge in [-0.3, -0.25) is 4.79 Å². The van der Waals surface area contributed by atoms with Crippen molar-refractivity contribution in [2.24, 2.45) is 5.41 Å². The third kappa shape index (κ3) is 5.08. The summed E-state index contributed by atoms with van der Waals surface area (Å²) in [6.45, 7) is 3.62. The predicted molar refractivity (Wildman–Crippen MR) is 98.8 cm³/mol. The number of anilines is 1. The van der Waals surface area contributed by atoms with Crippen molar-refractivity contribution in [1.29, 1.82) is 0 Å². The molecular weight excluding hydrogens is 405 g/mol. The standard InChI is InChI=1S/C17H20N4O2.C2HF3O2/c22-15(14-2-11-23-12-14)20-8-3-17(4-9-20)5-10-21(13-17)16-18-6-1-7-19-16;3-2(4,5)1(6)7/h1-2,6-7,11-12H,3-5,8-10,13H2;(H,6,7). The molecule has 2 aliphatic heterocycles. The zero-order valence-corrected chi connectivity index (χ0v) is 16.0. The fraction of sp³-hybridized carbons (Fsp3) is 0.474. The van der Waals surface area contributed by atoms with Gasteiger partial charge in [0.2, 0.25) is 5.95 Å². The highest BCUT2D eigenvalue weighted by atomic mass is 19.4. The Balaban J connectivity index is 0.000000318. The van der Waals surface area contributed by atoms with Crippen LogP contribution in [0.3, 0.4) is 0 Å². The number of aromatic nitrogens is 2. The molecule has 0 unspecified atom stereocenters. The van der Waals surface area contributed by atoms with Crippen molar-refractivity contribution in [3.05, 3.63) is 42.6 Å².